The zero-order valence-corrected chi connectivity index (χ0v) is 12.0. The van der Waals surface area contributed by atoms with E-state index in [4.69, 9.17) is 10.5 Å². The summed E-state index contributed by atoms with van der Waals surface area (Å²) in [5.41, 5.74) is 11.4. The number of aryl methyl sites for hydroxylation is 1. The first-order chi connectivity index (χ1) is 9.08. The van der Waals surface area contributed by atoms with Crippen LogP contribution < -0.4 is 10.5 Å². The maximum absolute atomic E-state index is 5.67. The van der Waals surface area contributed by atoms with Gasteiger partial charge >= 0.3 is 0 Å². The molecule has 0 fully saturated rings. The summed E-state index contributed by atoms with van der Waals surface area (Å²) in [5.74, 6) is 0.914. The Morgan fingerprint density at radius 2 is 2.00 bits per heavy atom. The maximum Gasteiger partial charge on any atom is 0.122 e. The molecule has 0 saturated carbocycles. The van der Waals surface area contributed by atoms with Crippen molar-refractivity contribution in [3.63, 3.8) is 0 Å². The fraction of sp³-hybridized carbons (Fsp3) is 0.400. The van der Waals surface area contributed by atoms with E-state index in [1.54, 1.807) is 7.11 Å². The van der Waals surface area contributed by atoms with Crippen LogP contribution in [0.15, 0.2) is 18.3 Å². The Hall–Kier alpha value is -1.81. The highest BCUT2D eigenvalue weighted by Crippen LogP contribution is 2.32. The van der Waals surface area contributed by atoms with Gasteiger partial charge in [-0.15, -0.1) is 0 Å². The normalized spacial score (nSPS) is 10.8. The number of rotatable bonds is 4. The van der Waals surface area contributed by atoms with E-state index in [1.165, 1.54) is 11.1 Å². The van der Waals surface area contributed by atoms with E-state index in [9.17, 15) is 0 Å². The van der Waals surface area contributed by atoms with Gasteiger partial charge < -0.3 is 10.5 Å². The number of hydrogen-bond acceptors (Lipinski definition) is 3. The molecule has 0 aliphatic heterocycles. The first-order valence-electron chi connectivity index (χ1n) is 6.45. The van der Waals surface area contributed by atoms with Crippen LogP contribution in [0, 0.1) is 13.8 Å². The van der Waals surface area contributed by atoms with Crippen LogP contribution >= 0.6 is 0 Å². The Morgan fingerprint density at radius 1 is 1.26 bits per heavy atom. The quantitative estimate of drug-likeness (QED) is 0.916. The molecule has 102 valence electrons. The van der Waals surface area contributed by atoms with Gasteiger partial charge in [0.05, 0.1) is 12.8 Å². The van der Waals surface area contributed by atoms with Crippen molar-refractivity contribution in [2.45, 2.75) is 20.3 Å². The van der Waals surface area contributed by atoms with Gasteiger partial charge in [-0.3, -0.25) is 4.68 Å². The van der Waals surface area contributed by atoms with Crippen molar-refractivity contribution in [2.75, 3.05) is 13.7 Å². The molecule has 0 aliphatic carbocycles. The van der Waals surface area contributed by atoms with E-state index in [1.807, 2.05) is 24.0 Å². The summed E-state index contributed by atoms with van der Waals surface area (Å²) in [5, 5.41) is 4.58. The molecule has 0 amide bonds. The van der Waals surface area contributed by atoms with Gasteiger partial charge in [0, 0.05) is 18.8 Å². The van der Waals surface area contributed by atoms with Crippen molar-refractivity contribution in [1.29, 1.82) is 0 Å². The first kappa shape index (κ1) is 13.6. The van der Waals surface area contributed by atoms with Crippen LogP contribution in [0.2, 0.25) is 0 Å². The lowest BCUT2D eigenvalue weighted by Crippen LogP contribution is -2.03. The van der Waals surface area contributed by atoms with Gasteiger partial charge in [-0.05, 0) is 55.6 Å². The molecule has 2 rings (SSSR count). The molecule has 1 aromatic carbocycles. The topological polar surface area (TPSA) is 53.1 Å². The van der Waals surface area contributed by atoms with E-state index in [-0.39, 0.29) is 0 Å². The number of nitrogens with two attached hydrogens (primary N) is 1. The lowest BCUT2D eigenvalue weighted by molar-refractivity contribution is 0.411. The molecule has 1 heterocycles. The standard InChI is InChI=1S/C15H21N3O/c1-10-11(2)14(19-4)6-5-13(10)15-12(7-8-16)9-18(3)17-15/h5-6,9H,7-8,16H2,1-4H3. The minimum Gasteiger partial charge on any atom is -0.496 e. The largest absolute Gasteiger partial charge is 0.496 e. The smallest absolute Gasteiger partial charge is 0.122 e. The fourth-order valence-electron chi connectivity index (χ4n) is 2.38. The predicted molar refractivity (Wildman–Crippen MR) is 77.4 cm³/mol. The van der Waals surface area contributed by atoms with Gasteiger partial charge in [-0.2, -0.15) is 5.10 Å². The van der Waals surface area contributed by atoms with Crippen LogP contribution in [0.25, 0.3) is 11.3 Å². The Bertz CT molecular complexity index is 587. The lowest BCUT2D eigenvalue weighted by atomic mass is 9.97. The highest BCUT2D eigenvalue weighted by atomic mass is 16.5. The van der Waals surface area contributed by atoms with Crippen LogP contribution in [0.4, 0.5) is 0 Å². The number of hydrogen-bond donors (Lipinski definition) is 1. The highest BCUT2D eigenvalue weighted by molar-refractivity contribution is 5.69. The highest BCUT2D eigenvalue weighted by Gasteiger charge is 2.14. The van der Waals surface area contributed by atoms with Crippen molar-refractivity contribution in [2.24, 2.45) is 12.8 Å². The monoisotopic (exact) mass is 259 g/mol. The molecule has 0 radical (unpaired) electrons. The van der Waals surface area contributed by atoms with E-state index >= 15 is 0 Å². The molecule has 2 aromatic rings. The number of benzene rings is 1. The molecule has 0 aliphatic rings. The first-order valence-corrected chi connectivity index (χ1v) is 6.45. The predicted octanol–water partition coefficient (Wildman–Crippen LogP) is 2.21. The van der Waals surface area contributed by atoms with E-state index in [0.717, 1.165) is 29.0 Å². The molecule has 19 heavy (non-hydrogen) atoms. The number of methoxy groups -OCH3 is 1. The molecular formula is C15H21N3O. The Balaban J connectivity index is 2.56. The molecular weight excluding hydrogens is 238 g/mol. The molecule has 0 bridgehead atoms. The van der Waals surface area contributed by atoms with E-state index in [2.05, 4.69) is 25.0 Å². The fourth-order valence-corrected chi connectivity index (χ4v) is 2.38. The molecule has 4 heteroatoms. The zero-order valence-electron chi connectivity index (χ0n) is 12.0. The summed E-state index contributed by atoms with van der Waals surface area (Å²) in [6, 6.07) is 4.07. The molecule has 0 atom stereocenters. The Labute approximate surface area is 114 Å². The third kappa shape index (κ3) is 2.49. The van der Waals surface area contributed by atoms with E-state index < -0.39 is 0 Å². The van der Waals surface area contributed by atoms with Gasteiger partial charge in [0.1, 0.15) is 5.75 Å². The molecule has 4 nitrogen and oxygen atoms in total. The summed E-state index contributed by atoms with van der Waals surface area (Å²) in [7, 11) is 3.64. The molecule has 0 saturated heterocycles. The van der Waals surface area contributed by atoms with Crippen molar-refractivity contribution in [3.8, 4) is 17.0 Å². The van der Waals surface area contributed by atoms with Crippen molar-refractivity contribution in [3.05, 3.63) is 35.0 Å². The second kappa shape index (κ2) is 5.45. The minimum atomic E-state index is 0.632. The lowest BCUT2D eigenvalue weighted by Gasteiger charge is -2.12. The van der Waals surface area contributed by atoms with Gasteiger partial charge in [0.2, 0.25) is 0 Å². The number of ether oxygens (including phenoxy) is 1. The SMILES string of the molecule is COc1ccc(-c2nn(C)cc2CCN)c(C)c1C. The minimum absolute atomic E-state index is 0.632. The van der Waals surface area contributed by atoms with E-state index in [0.29, 0.717) is 6.54 Å². The van der Waals surface area contributed by atoms with Crippen LogP contribution in [-0.4, -0.2) is 23.4 Å². The van der Waals surface area contributed by atoms with Crippen molar-refractivity contribution < 1.29 is 4.74 Å². The van der Waals surface area contributed by atoms with Crippen molar-refractivity contribution in [1.82, 2.24) is 9.78 Å². The number of aromatic nitrogens is 2. The van der Waals surface area contributed by atoms with Crippen LogP contribution in [0.1, 0.15) is 16.7 Å². The average Bonchev–Trinajstić information content (AvgIpc) is 2.74. The molecule has 0 spiro atoms. The second-order valence-electron chi connectivity index (χ2n) is 4.78. The molecule has 2 N–H and O–H groups in total. The van der Waals surface area contributed by atoms with Gasteiger partial charge in [0.25, 0.3) is 0 Å². The molecule has 1 aromatic heterocycles. The second-order valence-corrected chi connectivity index (χ2v) is 4.78. The van der Waals surface area contributed by atoms with Gasteiger partial charge in [0.15, 0.2) is 0 Å². The van der Waals surface area contributed by atoms with Crippen LogP contribution in [0.3, 0.4) is 0 Å². The maximum atomic E-state index is 5.67. The summed E-state index contributed by atoms with van der Waals surface area (Å²) >= 11 is 0. The third-order valence-corrected chi connectivity index (χ3v) is 3.53. The Morgan fingerprint density at radius 3 is 2.63 bits per heavy atom. The van der Waals surface area contributed by atoms with Crippen molar-refractivity contribution >= 4 is 0 Å². The zero-order chi connectivity index (χ0) is 14.0. The van der Waals surface area contributed by atoms with Gasteiger partial charge in [-0.25, -0.2) is 0 Å². The third-order valence-electron chi connectivity index (χ3n) is 3.53. The summed E-state index contributed by atoms with van der Waals surface area (Å²) in [6.07, 6.45) is 2.88. The van der Waals surface area contributed by atoms with Crippen LogP contribution in [-0.2, 0) is 13.5 Å². The summed E-state index contributed by atoms with van der Waals surface area (Å²) < 4.78 is 7.20. The van der Waals surface area contributed by atoms with Crippen LogP contribution in [0.5, 0.6) is 5.75 Å². The summed E-state index contributed by atoms with van der Waals surface area (Å²) in [4.78, 5) is 0. The summed E-state index contributed by atoms with van der Waals surface area (Å²) in [6.45, 7) is 4.81. The molecule has 0 unspecified atom stereocenters. The Kier molecular flexibility index (Phi) is 3.90. The number of nitrogens with zero attached hydrogens (tertiary/aromatic N) is 2. The average molecular weight is 259 g/mol. The van der Waals surface area contributed by atoms with Gasteiger partial charge in [-0.1, -0.05) is 0 Å².